The molecule has 0 radical (unpaired) electrons. The maximum Gasteiger partial charge on any atom is 0.257 e. The number of anilines is 3. The monoisotopic (exact) mass is 331 g/mol. The van der Waals surface area contributed by atoms with Crippen molar-refractivity contribution in [2.75, 3.05) is 10.6 Å². The van der Waals surface area contributed by atoms with Crippen LogP contribution in [0.2, 0.25) is 0 Å². The molecule has 4 nitrogen and oxygen atoms in total. The van der Waals surface area contributed by atoms with Gasteiger partial charge in [0.05, 0.1) is 5.56 Å². The molecule has 126 valence electrons. The maximum atomic E-state index is 12.1. The molecular weight excluding hydrogens is 310 g/mol. The van der Waals surface area contributed by atoms with Crippen LogP contribution in [0, 0.1) is 0 Å². The topological polar surface area (TPSA) is 54.0 Å². The minimum absolute atomic E-state index is 0.168. The lowest BCUT2D eigenvalue weighted by molar-refractivity contribution is 0.102. The van der Waals surface area contributed by atoms with Crippen molar-refractivity contribution in [2.45, 2.75) is 19.8 Å². The van der Waals surface area contributed by atoms with Gasteiger partial charge in [0.15, 0.2) is 0 Å². The van der Waals surface area contributed by atoms with E-state index in [4.69, 9.17) is 0 Å². The van der Waals surface area contributed by atoms with Gasteiger partial charge in [-0.15, -0.1) is 0 Å². The Labute approximate surface area is 147 Å². The molecule has 3 aromatic rings. The number of hydrogen-bond acceptors (Lipinski definition) is 3. The molecule has 4 heteroatoms. The summed E-state index contributed by atoms with van der Waals surface area (Å²) in [6.07, 6.45) is 3.19. The van der Waals surface area contributed by atoms with E-state index in [1.54, 1.807) is 24.5 Å². The lowest BCUT2D eigenvalue weighted by atomic mass is 10.0. The van der Waals surface area contributed by atoms with Crippen molar-refractivity contribution in [3.8, 4) is 0 Å². The number of amides is 1. The second kappa shape index (κ2) is 7.62. The Morgan fingerprint density at radius 2 is 1.48 bits per heavy atom. The fourth-order valence-corrected chi connectivity index (χ4v) is 2.46. The standard InChI is InChI=1S/C21H21N3O/c1-15(2)16-5-7-18(8-6-16)23-19-9-11-20(12-10-19)24-21(25)17-4-3-13-22-14-17/h3-15,23H,1-2H3,(H,24,25). The van der Waals surface area contributed by atoms with Crippen molar-refractivity contribution in [1.82, 2.24) is 4.98 Å². The molecule has 0 atom stereocenters. The maximum absolute atomic E-state index is 12.1. The second-order valence-electron chi connectivity index (χ2n) is 6.17. The molecule has 25 heavy (non-hydrogen) atoms. The van der Waals surface area contributed by atoms with Gasteiger partial charge in [0.25, 0.3) is 5.91 Å². The van der Waals surface area contributed by atoms with Gasteiger partial charge < -0.3 is 10.6 Å². The van der Waals surface area contributed by atoms with E-state index >= 15 is 0 Å². The average molecular weight is 331 g/mol. The number of hydrogen-bond donors (Lipinski definition) is 2. The van der Waals surface area contributed by atoms with Crippen molar-refractivity contribution in [3.05, 3.63) is 84.2 Å². The molecular formula is C21H21N3O. The summed E-state index contributed by atoms with van der Waals surface area (Å²) in [6.45, 7) is 4.36. The van der Waals surface area contributed by atoms with Gasteiger partial charge >= 0.3 is 0 Å². The number of pyridine rings is 1. The van der Waals surface area contributed by atoms with E-state index in [9.17, 15) is 4.79 Å². The van der Waals surface area contributed by atoms with E-state index in [1.165, 1.54) is 5.56 Å². The van der Waals surface area contributed by atoms with Crippen LogP contribution in [-0.4, -0.2) is 10.9 Å². The Balaban J connectivity index is 1.63. The van der Waals surface area contributed by atoms with Gasteiger partial charge in [0, 0.05) is 29.5 Å². The van der Waals surface area contributed by atoms with Gasteiger partial charge in [-0.2, -0.15) is 0 Å². The first-order valence-electron chi connectivity index (χ1n) is 8.30. The molecule has 3 rings (SSSR count). The fourth-order valence-electron chi connectivity index (χ4n) is 2.46. The molecule has 0 saturated carbocycles. The van der Waals surface area contributed by atoms with Gasteiger partial charge in [0.1, 0.15) is 0 Å². The summed E-state index contributed by atoms with van der Waals surface area (Å²) in [7, 11) is 0. The van der Waals surface area contributed by atoms with Crippen molar-refractivity contribution in [1.29, 1.82) is 0 Å². The van der Waals surface area contributed by atoms with E-state index in [2.05, 4.69) is 53.7 Å². The highest BCUT2D eigenvalue weighted by Crippen LogP contribution is 2.22. The molecule has 2 N–H and O–H groups in total. The minimum atomic E-state index is -0.168. The number of rotatable bonds is 5. The first-order chi connectivity index (χ1) is 12.1. The summed E-state index contributed by atoms with van der Waals surface area (Å²) in [5, 5.41) is 6.22. The van der Waals surface area contributed by atoms with Crippen LogP contribution >= 0.6 is 0 Å². The summed E-state index contributed by atoms with van der Waals surface area (Å²) in [5.74, 6) is 0.356. The van der Waals surface area contributed by atoms with Crippen LogP contribution < -0.4 is 10.6 Å². The first kappa shape index (κ1) is 16.7. The molecule has 0 unspecified atom stereocenters. The van der Waals surface area contributed by atoms with E-state index in [-0.39, 0.29) is 5.91 Å². The number of nitrogens with zero attached hydrogens (tertiary/aromatic N) is 1. The van der Waals surface area contributed by atoms with E-state index in [0.29, 0.717) is 11.5 Å². The van der Waals surface area contributed by atoms with Crippen molar-refractivity contribution in [3.63, 3.8) is 0 Å². The smallest absolute Gasteiger partial charge is 0.257 e. The van der Waals surface area contributed by atoms with Gasteiger partial charge in [-0.25, -0.2) is 0 Å². The van der Waals surface area contributed by atoms with Crippen LogP contribution in [0.3, 0.4) is 0 Å². The van der Waals surface area contributed by atoms with Crippen molar-refractivity contribution in [2.24, 2.45) is 0 Å². The molecule has 0 spiro atoms. The average Bonchev–Trinajstić information content (AvgIpc) is 2.64. The van der Waals surface area contributed by atoms with Crippen molar-refractivity contribution < 1.29 is 4.79 Å². The highest BCUT2D eigenvalue weighted by atomic mass is 16.1. The summed E-state index contributed by atoms with van der Waals surface area (Å²) in [4.78, 5) is 16.1. The largest absolute Gasteiger partial charge is 0.356 e. The van der Waals surface area contributed by atoms with E-state index < -0.39 is 0 Å². The third kappa shape index (κ3) is 4.44. The van der Waals surface area contributed by atoms with Crippen LogP contribution in [0.4, 0.5) is 17.1 Å². The molecule has 0 saturated heterocycles. The first-order valence-corrected chi connectivity index (χ1v) is 8.30. The molecule has 2 aromatic carbocycles. The van der Waals surface area contributed by atoms with Crippen molar-refractivity contribution >= 4 is 23.0 Å². The zero-order chi connectivity index (χ0) is 17.6. The van der Waals surface area contributed by atoms with E-state index in [1.807, 2.05) is 24.3 Å². The van der Waals surface area contributed by atoms with Crippen LogP contribution in [-0.2, 0) is 0 Å². The number of benzene rings is 2. The Morgan fingerprint density at radius 1 is 0.880 bits per heavy atom. The quantitative estimate of drug-likeness (QED) is 0.675. The molecule has 1 heterocycles. The minimum Gasteiger partial charge on any atom is -0.356 e. The normalized spacial score (nSPS) is 10.5. The van der Waals surface area contributed by atoms with E-state index in [0.717, 1.165) is 17.1 Å². The highest BCUT2D eigenvalue weighted by molar-refractivity contribution is 6.04. The summed E-state index contributed by atoms with van der Waals surface area (Å²) in [6, 6.07) is 19.5. The van der Waals surface area contributed by atoms with Gasteiger partial charge in [-0.3, -0.25) is 9.78 Å². The second-order valence-corrected chi connectivity index (χ2v) is 6.17. The van der Waals surface area contributed by atoms with Crippen LogP contribution in [0.1, 0.15) is 35.7 Å². The lowest BCUT2D eigenvalue weighted by Gasteiger charge is -2.10. The number of carbonyl (C=O) groups is 1. The third-order valence-corrected chi connectivity index (χ3v) is 3.93. The van der Waals surface area contributed by atoms with Gasteiger partial charge in [-0.1, -0.05) is 26.0 Å². The van der Waals surface area contributed by atoms with Gasteiger partial charge in [0.2, 0.25) is 0 Å². The van der Waals surface area contributed by atoms with Crippen LogP contribution in [0.25, 0.3) is 0 Å². The van der Waals surface area contributed by atoms with Gasteiger partial charge in [-0.05, 0) is 60.0 Å². The highest BCUT2D eigenvalue weighted by Gasteiger charge is 2.05. The lowest BCUT2D eigenvalue weighted by Crippen LogP contribution is -2.11. The molecule has 1 aromatic heterocycles. The summed E-state index contributed by atoms with van der Waals surface area (Å²) in [5.41, 5.74) is 4.61. The molecule has 0 aliphatic heterocycles. The van der Waals surface area contributed by atoms with Crippen LogP contribution in [0.15, 0.2) is 73.1 Å². The molecule has 0 bridgehead atoms. The molecule has 0 fully saturated rings. The molecule has 0 aliphatic rings. The number of carbonyl (C=O) groups excluding carboxylic acids is 1. The number of aromatic nitrogens is 1. The Morgan fingerprint density at radius 3 is 2.04 bits per heavy atom. The Bertz CT molecular complexity index is 825. The van der Waals surface area contributed by atoms with Crippen LogP contribution in [0.5, 0.6) is 0 Å². The molecule has 1 amide bonds. The zero-order valence-corrected chi connectivity index (χ0v) is 14.4. The number of nitrogens with one attached hydrogen (secondary N) is 2. The Kier molecular flexibility index (Phi) is 5.09. The Hall–Kier alpha value is -3.14. The third-order valence-electron chi connectivity index (χ3n) is 3.93. The molecule has 0 aliphatic carbocycles. The SMILES string of the molecule is CC(C)c1ccc(Nc2ccc(NC(=O)c3cccnc3)cc2)cc1. The summed E-state index contributed by atoms with van der Waals surface area (Å²) < 4.78 is 0. The predicted molar refractivity (Wildman–Crippen MR) is 102 cm³/mol. The predicted octanol–water partition coefficient (Wildman–Crippen LogP) is 5.20. The summed E-state index contributed by atoms with van der Waals surface area (Å²) >= 11 is 0. The fraction of sp³-hybridized carbons (Fsp3) is 0.143. The zero-order valence-electron chi connectivity index (χ0n) is 14.4.